The van der Waals surface area contributed by atoms with Gasteiger partial charge < -0.3 is 26.0 Å². The van der Waals surface area contributed by atoms with E-state index in [4.69, 9.17) is 10.5 Å². The van der Waals surface area contributed by atoms with Crippen molar-refractivity contribution in [2.24, 2.45) is 5.73 Å². The van der Waals surface area contributed by atoms with Crippen LogP contribution in [-0.4, -0.2) is 59.2 Å². The van der Waals surface area contributed by atoms with Gasteiger partial charge in [-0.25, -0.2) is 9.48 Å². The molecule has 0 aliphatic carbocycles. The van der Waals surface area contributed by atoms with Crippen LogP contribution in [0.5, 0.6) is 0 Å². The Morgan fingerprint density at radius 2 is 1.92 bits per heavy atom. The number of nitrogens with one attached hydrogen (secondary N) is 2. The first-order valence-electron chi connectivity index (χ1n) is 11.7. The first kappa shape index (κ1) is 24.9. The van der Waals surface area contributed by atoms with Crippen molar-refractivity contribution in [2.75, 3.05) is 32.1 Å². The molecule has 0 atom stereocenters. The Morgan fingerprint density at radius 3 is 2.64 bits per heavy atom. The average Bonchev–Trinajstić information content (AvgIpc) is 3.22. The van der Waals surface area contributed by atoms with Crippen molar-refractivity contribution < 1.29 is 19.1 Å². The summed E-state index contributed by atoms with van der Waals surface area (Å²) < 4.78 is 6.74. The van der Waals surface area contributed by atoms with E-state index >= 15 is 0 Å². The molecule has 0 fully saturated rings. The standard InChI is InChI=1S/C26H30N6O4/c1-17-24-22(15-31(16-23(24)33)26(35)29-14-18-7-4-3-5-8-18)32(30-17)19-9-10-20(25(27)34)21(13-19)28-11-6-12-36-2/h3-5,7-10,13,28H,6,11-12,14-16H2,1-2H3,(H2,27,34)(H,29,35). The van der Waals surface area contributed by atoms with E-state index in [-0.39, 0.29) is 24.9 Å². The maximum atomic E-state index is 13.0. The fraction of sp³-hybridized carbons (Fsp3) is 0.308. The lowest BCUT2D eigenvalue weighted by Crippen LogP contribution is -2.45. The Hall–Kier alpha value is -4.18. The number of fused-ring (bicyclic) bond motifs is 1. The Labute approximate surface area is 209 Å². The summed E-state index contributed by atoms with van der Waals surface area (Å²) in [6, 6.07) is 14.4. The molecule has 0 bridgehead atoms. The van der Waals surface area contributed by atoms with Crippen molar-refractivity contribution in [3.8, 4) is 5.69 Å². The van der Waals surface area contributed by atoms with Crippen LogP contribution >= 0.6 is 0 Å². The molecule has 1 aromatic heterocycles. The molecule has 4 rings (SSSR count). The third-order valence-corrected chi connectivity index (χ3v) is 6.04. The molecule has 188 valence electrons. The van der Waals surface area contributed by atoms with E-state index in [2.05, 4.69) is 15.7 Å². The smallest absolute Gasteiger partial charge is 0.318 e. The quantitative estimate of drug-likeness (QED) is 0.395. The molecule has 1 aliphatic rings. The zero-order chi connectivity index (χ0) is 25.7. The lowest BCUT2D eigenvalue weighted by Gasteiger charge is -2.27. The number of hydrogen-bond donors (Lipinski definition) is 3. The molecule has 0 unspecified atom stereocenters. The molecule has 2 heterocycles. The van der Waals surface area contributed by atoms with Crippen molar-refractivity contribution in [3.63, 3.8) is 0 Å². The normalized spacial score (nSPS) is 12.8. The Kier molecular flexibility index (Phi) is 7.65. The van der Waals surface area contributed by atoms with Crippen molar-refractivity contribution in [1.29, 1.82) is 0 Å². The third kappa shape index (κ3) is 5.38. The molecule has 36 heavy (non-hydrogen) atoms. The number of carbonyl (C=O) groups is 3. The van der Waals surface area contributed by atoms with Crippen LogP contribution in [0.2, 0.25) is 0 Å². The summed E-state index contributed by atoms with van der Waals surface area (Å²) in [5.74, 6) is -0.715. The number of primary amides is 1. The zero-order valence-electron chi connectivity index (χ0n) is 20.4. The number of amides is 3. The van der Waals surface area contributed by atoms with E-state index in [0.717, 1.165) is 12.0 Å². The fourth-order valence-electron chi connectivity index (χ4n) is 4.28. The van der Waals surface area contributed by atoms with Crippen LogP contribution in [0.1, 0.15) is 44.1 Å². The van der Waals surface area contributed by atoms with Crippen LogP contribution in [0.25, 0.3) is 5.69 Å². The number of methoxy groups -OCH3 is 1. The van der Waals surface area contributed by atoms with Crippen molar-refractivity contribution >= 4 is 23.4 Å². The molecule has 10 nitrogen and oxygen atoms in total. The molecular formula is C26H30N6O4. The molecule has 4 N–H and O–H groups in total. The van der Waals surface area contributed by atoms with Gasteiger partial charge in [-0.1, -0.05) is 30.3 Å². The van der Waals surface area contributed by atoms with Crippen LogP contribution in [0.4, 0.5) is 10.5 Å². The van der Waals surface area contributed by atoms with E-state index in [0.29, 0.717) is 53.6 Å². The van der Waals surface area contributed by atoms with Gasteiger partial charge in [0.05, 0.1) is 41.3 Å². The van der Waals surface area contributed by atoms with E-state index in [1.807, 2.05) is 30.3 Å². The minimum Gasteiger partial charge on any atom is -0.385 e. The molecule has 3 aromatic rings. The highest BCUT2D eigenvalue weighted by Gasteiger charge is 2.32. The molecule has 10 heteroatoms. The Balaban J connectivity index is 1.59. The molecular weight excluding hydrogens is 460 g/mol. The monoisotopic (exact) mass is 490 g/mol. The molecule has 0 radical (unpaired) electrons. The SMILES string of the molecule is COCCCNc1cc(-n2nc(C)c3c2CN(C(=O)NCc2ccccc2)CC3=O)ccc1C(N)=O. The number of nitrogens with zero attached hydrogens (tertiary/aromatic N) is 3. The van der Waals surface area contributed by atoms with E-state index in [1.54, 1.807) is 36.9 Å². The van der Waals surface area contributed by atoms with Crippen molar-refractivity contribution in [2.45, 2.75) is 26.4 Å². The molecule has 0 spiro atoms. The zero-order valence-corrected chi connectivity index (χ0v) is 20.4. The number of ketones is 1. The Bertz CT molecular complexity index is 1270. The van der Waals surface area contributed by atoms with Gasteiger partial charge in [0.25, 0.3) is 5.91 Å². The number of urea groups is 1. The highest BCUT2D eigenvalue weighted by atomic mass is 16.5. The largest absolute Gasteiger partial charge is 0.385 e. The summed E-state index contributed by atoms with van der Waals surface area (Å²) in [6.07, 6.45) is 0.747. The van der Waals surface area contributed by atoms with Gasteiger partial charge in [-0.2, -0.15) is 5.10 Å². The van der Waals surface area contributed by atoms with Gasteiger partial charge >= 0.3 is 6.03 Å². The van der Waals surface area contributed by atoms with Crippen LogP contribution in [-0.2, 0) is 17.8 Å². The van der Waals surface area contributed by atoms with Crippen LogP contribution in [0, 0.1) is 6.92 Å². The van der Waals surface area contributed by atoms with Crippen LogP contribution in [0.15, 0.2) is 48.5 Å². The topological polar surface area (TPSA) is 132 Å². The maximum Gasteiger partial charge on any atom is 0.318 e. The summed E-state index contributed by atoms with van der Waals surface area (Å²) in [6.45, 7) is 3.50. The van der Waals surface area contributed by atoms with Gasteiger partial charge in [0.1, 0.15) is 0 Å². The number of ether oxygens (including phenoxy) is 1. The number of rotatable bonds is 9. The van der Waals surface area contributed by atoms with Crippen LogP contribution in [0.3, 0.4) is 0 Å². The Morgan fingerprint density at radius 1 is 1.14 bits per heavy atom. The van der Waals surface area contributed by atoms with E-state index in [1.165, 1.54) is 4.90 Å². The minimum absolute atomic E-state index is 0.0208. The van der Waals surface area contributed by atoms with Crippen molar-refractivity contribution in [3.05, 3.63) is 76.6 Å². The predicted octanol–water partition coefficient (Wildman–Crippen LogP) is 2.64. The van der Waals surface area contributed by atoms with Gasteiger partial charge in [0.2, 0.25) is 0 Å². The highest BCUT2D eigenvalue weighted by molar-refractivity contribution is 6.02. The maximum absolute atomic E-state index is 13.0. The van der Waals surface area contributed by atoms with Gasteiger partial charge in [-0.15, -0.1) is 0 Å². The third-order valence-electron chi connectivity index (χ3n) is 6.04. The lowest BCUT2D eigenvalue weighted by molar-refractivity contribution is 0.0915. The number of hydrogen-bond acceptors (Lipinski definition) is 6. The number of aromatic nitrogens is 2. The summed E-state index contributed by atoms with van der Waals surface area (Å²) in [5.41, 5.74) is 9.84. The second kappa shape index (κ2) is 11.0. The minimum atomic E-state index is -0.550. The van der Waals surface area contributed by atoms with Gasteiger partial charge in [0.15, 0.2) is 5.78 Å². The summed E-state index contributed by atoms with van der Waals surface area (Å²) in [7, 11) is 1.63. The molecule has 1 aliphatic heterocycles. The number of aryl methyl sites for hydroxylation is 1. The number of carbonyl (C=O) groups excluding carboxylic acids is 3. The summed E-state index contributed by atoms with van der Waals surface area (Å²) in [5, 5.41) is 10.7. The van der Waals surface area contributed by atoms with Gasteiger partial charge in [-0.3, -0.25) is 9.59 Å². The lowest BCUT2D eigenvalue weighted by atomic mass is 10.0. The summed E-state index contributed by atoms with van der Waals surface area (Å²) in [4.78, 5) is 39.3. The van der Waals surface area contributed by atoms with E-state index in [9.17, 15) is 14.4 Å². The van der Waals surface area contributed by atoms with Crippen molar-refractivity contribution in [1.82, 2.24) is 20.0 Å². The summed E-state index contributed by atoms with van der Waals surface area (Å²) >= 11 is 0. The number of anilines is 1. The predicted molar refractivity (Wildman–Crippen MR) is 135 cm³/mol. The van der Waals surface area contributed by atoms with Gasteiger partial charge in [0, 0.05) is 32.5 Å². The second-order valence-corrected chi connectivity index (χ2v) is 8.61. The first-order chi connectivity index (χ1) is 17.4. The average molecular weight is 491 g/mol. The molecule has 2 aromatic carbocycles. The van der Waals surface area contributed by atoms with E-state index < -0.39 is 5.91 Å². The van der Waals surface area contributed by atoms with Crippen LogP contribution < -0.4 is 16.4 Å². The highest BCUT2D eigenvalue weighted by Crippen LogP contribution is 2.27. The second-order valence-electron chi connectivity index (χ2n) is 8.61. The molecule has 0 saturated carbocycles. The number of benzene rings is 2. The van der Waals surface area contributed by atoms with Gasteiger partial charge in [-0.05, 0) is 37.1 Å². The fourth-order valence-corrected chi connectivity index (χ4v) is 4.28. The molecule has 0 saturated heterocycles. The number of nitrogens with two attached hydrogens (primary N) is 1. The molecule has 3 amide bonds. The number of Topliss-reactive ketones (excluding diaryl/α,β-unsaturated/α-hetero) is 1. The first-order valence-corrected chi connectivity index (χ1v) is 11.7.